The number of phenols is 1. The number of alkyl halides is 3. The minimum atomic E-state index is -4.75. The molecule has 10 nitrogen and oxygen atoms in total. The van der Waals surface area contributed by atoms with Gasteiger partial charge in [0.25, 0.3) is 11.8 Å². The highest BCUT2D eigenvalue weighted by atomic mass is 35.5. The number of amides is 4. The number of carbonyl (C=O) groups excluding carboxylic acids is 4. The average Bonchev–Trinajstić information content (AvgIpc) is 3.56. The summed E-state index contributed by atoms with van der Waals surface area (Å²) in [4.78, 5) is 63.8. The quantitative estimate of drug-likeness (QED) is 0.156. The monoisotopic (exact) mass is 800 g/mol. The molecular weight excluding hydrogens is 772 g/mol. The second-order valence-corrected chi connectivity index (χ2v) is 15.4. The number of phenolic OH excluding ortho intramolecular Hbond substituents is 1. The van der Waals surface area contributed by atoms with Gasteiger partial charge in [-0.3, -0.25) is 29.5 Å². The molecule has 284 valence electrons. The van der Waals surface area contributed by atoms with E-state index >= 15 is 4.79 Å². The van der Waals surface area contributed by atoms with Gasteiger partial charge >= 0.3 is 6.18 Å². The second-order valence-electron chi connectivity index (χ2n) is 14.5. The van der Waals surface area contributed by atoms with Crippen molar-refractivity contribution >= 4 is 58.3 Å². The van der Waals surface area contributed by atoms with Crippen molar-refractivity contribution in [1.82, 2.24) is 9.99 Å². The molecule has 3 aliphatic heterocycles. The molecule has 3 aromatic carbocycles. The molecule has 4 heterocycles. The van der Waals surface area contributed by atoms with Gasteiger partial charge in [-0.2, -0.15) is 18.2 Å². The number of hydrogen-bond acceptors (Lipinski definition) is 8. The van der Waals surface area contributed by atoms with Gasteiger partial charge in [-0.15, -0.1) is 0 Å². The van der Waals surface area contributed by atoms with Crippen molar-refractivity contribution < 1.29 is 42.2 Å². The zero-order valence-corrected chi connectivity index (χ0v) is 30.5. The normalized spacial score (nSPS) is 26.8. The minimum absolute atomic E-state index is 0.0142. The second kappa shape index (κ2) is 13.0. The number of imide groups is 2. The molecule has 2 N–H and O–H groups in total. The summed E-state index contributed by atoms with van der Waals surface area (Å²) in [7, 11) is 0. The molecule has 4 amide bonds. The number of aromatic nitrogens is 1. The minimum Gasteiger partial charge on any atom is -0.508 e. The number of allylic oxidation sites excluding steroid dienone is 3. The van der Waals surface area contributed by atoms with E-state index in [9.17, 15) is 32.7 Å². The first-order valence-corrected chi connectivity index (χ1v) is 18.5. The van der Waals surface area contributed by atoms with Crippen molar-refractivity contribution in [3.05, 3.63) is 135 Å². The van der Waals surface area contributed by atoms with Gasteiger partial charge in [0.1, 0.15) is 11.5 Å². The average molecular weight is 802 g/mol. The third-order valence-electron chi connectivity index (χ3n) is 11.7. The van der Waals surface area contributed by atoms with Gasteiger partial charge in [0.05, 0.1) is 45.7 Å². The maximum absolute atomic E-state index is 15.4. The summed E-state index contributed by atoms with van der Waals surface area (Å²) in [6.45, 7) is 0. The molecular formula is C41H29Cl2F3N4O6. The summed E-state index contributed by atoms with van der Waals surface area (Å²) in [6.07, 6.45) is -0.462. The van der Waals surface area contributed by atoms with Crippen LogP contribution in [0.3, 0.4) is 0 Å². The first-order valence-electron chi connectivity index (χ1n) is 17.7. The topological polar surface area (TPSA) is 129 Å². The number of carbonyl (C=O) groups is 4. The number of nitrogens with zero attached hydrogens (tertiary/aromatic N) is 3. The maximum atomic E-state index is 15.4. The number of pyridine rings is 1. The Kier molecular flexibility index (Phi) is 8.33. The first-order chi connectivity index (χ1) is 26.8. The SMILES string of the molecule is O=C1[C@@H]2C[C@@H]3C(=CC[C@@H]4C(=O)N(c5ccccc5)C(=O)[C@@H]43)[C@H](C3=COc4ccc(O)cc4C3)[C@]2(c2ccc(Cl)cc2)C(=O)N1Nc1ncc(C(F)(F)F)cc1Cl. The van der Waals surface area contributed by atoms with E-state index in [0.29, 0.717) is 51.0 Å². The Balaban J connectivity index is 1.22. The van der Waals surface area contributed by atoms with Crippen molar-refractivity contribution in [1.29, 1.82) is 0 Å². The summed E-state index contributed by atoms with van der Waals surface area (Å²) in [6, 6.07) is 20.4. The van der Waals surface area contributed by atoms with Crippen LogP contribution in [0.15, 0.2) is 109 Å². The molecule has 0 spiro atoms. The number of rotatable bonds is 5. The highest BCUT2D eigenvalue weighted by Crippen LogP contribution is 2.63. The molecule has 1 saturated carbocycles. The number of halogens is 5. The summed E-state index contributed by atoms with van der Waals surface area (Å²) in [5, 5.41) is 11.0. The maximum Gasteiger partial charge on any atom is 0.417 e. The van der Waals surface area contributed by atoms with Crippen LogP contribution in [-0.4, -0.2) is 38.7 Å². The molecule has 3 fully saturated rings. The van der Waals surface area contributed by atoms with Gasteiger partial charge in [0, 0.05) is 29.1 Å². The van der Waals surface area contributed by atoms with Crippen LogP contribution in [-0.2, 0) is 37.2 Å². The summed E-state index contributed by atoms with van der Waals surface area (Å²) < 4.78 is 46.7. The van der Waals surface area contributed by atoms with Crippen LogP contribution in [0, 0.1) is 29.6 Å². The lowest BCUT2D eigenvalue weighted by molar-refractivity contribution is -0.139. The summed E-state index contributed by atoms with van der Waals surface area (Å²) in [5.74, 6) is -6.58. The zero-order chi connectivity index (χ0) is 39.3. The molecule has 6 atom stereocenters. The standard InChI is InChI=1S/C41H29Cl2F3N4O6/c42-24-8-6-22(7-9-24)40-30(37(53)50(39(40)55)48-35-31(43)16-23(18-47-35)41(44,45)46)17-29-27(34(40)21-14-20-15-26(51)10-13-32(20)56-19-21)11-12-28-33(29)38(54)49(36(28)52)25-4-2-1-3-5-25/h1-11,13,15-16,18-19,28-30,33-34,51H,12,14,17H2,(H,47,48)/t28-,29+,30-,33-,34-,40+/m0/s1. The number of fused-ring (bicyclic) bond motifs is 5. The van der Waals surface area contributed by atoms with Crippen LogP contribution in [0.1, 0.15) is 29.5 Å². The molecule has 1 aromatic heterocycles. The molecule has 2 aliphatic carbocycles. The number of hydrazine groups is 1. The highest BCUT2D eigenvalue weighted by Gasteiger charge is 2.71. The number of hydrogen-bond donors (Lipinski definition) is 2. The summed E-state index contributed by atoms with van der Waals surface area (Å²) >= 11 is 12.6. The van der Waals surface area contributed by atoms with Crippen LogP contribution >= 0.6 is 23.2 Å². The Hall–Kier alpha value is -5.66. The van der Waals surface area contributed by atoms with Gasteiger partial charge in [0.15, 0.2) is 5.82 Å². The van der Waals surface area contributed by atoms with Gasteiger partial charge in [-0.1, -0.05) is 65.2 Å². The smallest absolute Gasteiger partial charge is 0.417 e. The van der Waals surface area contributed by atoms with Crippen LogP contribution in [0.5, 0.6) is 11.5 Å². The van der Waals surface area contributed by atoms with Crippen LogP contribution in [0.4, 0.5) is 24.7 Å². The number of anilines is 2. The number of nitrogens with one attached hydrogen (secondary N) is 1. The molecule has 56 heavy (non-hydrogen) atoms. The lowest BCUT2D eigenvalue weighted by atomic mass is 9.48. The Bertz CT molecular complexity index is 2420. The fraction of sp³-hybridized carbons (Fsp3) is 0.244. The van der Waals surface area contributed by atoms with Gasteiger partial charge in [-0.25, -0.2) is 4.98 Å². The Morgan fingerprint density at radius 3 is 2.38 bits per heavy atom. The largest absolute Gasteiger partial charge is 0.508 e. The molecule has 4 aromatic rings. The molecule has 9 rings (SSSR count). The predicted octanol–water partition coefficient (Wildman–Crippen LogP) is 7.65. The van der Waals surface area contributed by atoms with Gasteiger partial charge in [-0.05, 0) is 78.4 Å². The van der Waals surface area contributed by atoms with Crippen molar-refractivity contribution in [2.45, 2.75) is 30.9 Å². The Morgan fingerprint density at radius 2 is 1.66 bits per heavy atom. The third kappa shape index (κ3) is 5.35. The molecule has 2 saturated heterocycles. The Morgan fingerprint density at radius 1 is 0.911 bits per heavy atom. The highest BCUT2D eigenvalue weighted by molar-refractivity contribution is 6.33. The first kappa shape index (κ1) is 36.0. The van der Waals surface area contributed by atoms with Crippen LogP contribution in [0.25, 0.3) is 0 Å². The third-order valence-corrected chi connectivity index (χ3v) is 12.3. The molecule has 5 aliphatic rings. The summed E-state index contributed by atoms with van der Waals surface area (Å²) in [5.41, 5.74) is 2.45. The Labute approximate surface area is 327 Å². The van der Waals surface area contributed by atoms with E-state index < -0.39 is 69.5 Å². The fourth-order valence-electron chi connectivity index (χ4n) is 9.43. The van der Waals surface area contributed by atoms with Gasteiger partial charge < -0.3 is 9.84 Å². The van der Waals surface area contributed by atoms with Crippen molar-refractivity contribution in [3.8, 4) is 11.5 Å². The van der Waals surface area contributed by atoms with E-state index in [-0.39, 0.29) is 36.7 Å². The van der Waals surface area contributed by atoms with E-state index in [1.54, 1.807) is 66.7 Å². The molecule has 15 heteroatoms. The molecule has 0 radical (unpaired) electrons. The van der Waals surface area contributed by atoms with Crippen LogP contribution in [0.2, 0.25) is 10.0 Å². The van der Waals surface area contributed by atoms with E-state index in [4.69, 9.17) is 27.9 Å². The number of aromatic hydroxyl groups is 1. The van der Waals surface area contributed by atoms with Crippen molar-refractivity contribution in [2.75, 3.05) is 10.3 Å². The van der Waals surface area contributed by atoms with Gasteiger partial charge in [0.2, 0.25) is 11.8 Å². The van der Waals surface area contributed by atoms with E-state index in [0.717, 1.165) is 5.01 Å². The van der Waals surface area contributed by atoms with Crippen molar-refractivity contribution in [3.63, 3.8) is 0 Å². The predicted molar refractivity (Wildman–Crippen MR) is 197 cm³/mol. The number of benzene rings is 3. The number of para-hydroxylation sites is 1. The molecule has 0 bridgehead atoms. The zero-order valence-electron chi connectivity index (χ0n) is 29.0. The van der Waals surface area contributed by atoms with Crippen LogP contribution < -0.4 is 15.1 Å². The van der Waals surface area contributed by atoms with E-state index in [1.807, 2.05) is 6.08 Å². The van der Waals surface area contributed by atoms with E-state index in [2.05, 4.69) is 10.4 Å². The lowest BCUT2D eigenvalue weighted by Crippen LogP contribution is -2.55. The fourth-order valence-corrected chi connectivity index (χ4v) is 9.76. The molecule has 0 unspecified atom stereocenters. The van der Waals surface area contributed by atoms with Crippen molar-refractivity contribution in [2.24, 2.45) is 29.6 Å². The van der Waals surface area contributed by atoms with E-state index in [1.165, 1.54) is 17.2 Å². The lowest BCUT2D eigenvalue weighted by Gasteiger charge is -2.51. The number of ether oxygens (including phenoxy) is 1.